The van der Waals surface area contributed by atoms with Gasteiger partial charge in [-0.05, 0) is 35.6 Å². The van der Waals surface area contributed by atoms with Crippen LogP contribution in [0.2, 0.25) is 5.02 Å². The van der Waals surface area contributed by atoms with Gasteiger partial charge in [0.2, 0.25) is 0 Å². The lowest BCUT2D eigenvalue weighted by Crippen LogP contribution is -1.97. The number of aryl methyl sites for hydroxylation is 1. The van der Waals surface area contributed by atoms with Gasteiger partial charge in [0.25, 0.3) is 0 Å². The minimum atomic E-state index is 0.00602. The fourth-order valence-corrected chi connectivity index (χ4v) is 1.84. The van der Waals surface area contributed by atoms with E-state index in [2.05, 4.69) is 0 Å². The second-order valence-electron chi connectivity index (χ2n) is 3.66. The van der Waals surface area contributed by atoms with Gasteiger partial charge < -0.3 is 9.90 Å². The molecule has 1 aromatic rings. The van der Waals surface area contributed by atoms with E-state index in [1.807, 2.05) is 13.8 Å². The molecule has 0 amide bonds. The lowest BCUT2D eigenvalue weighted by atomic mass is 9.94. The van der Waals surface area contributed by atoms with Gasteiger partial charge in [0.05, 0.1) is 0 Å². The summed E-state index contributed by atoms with van der Waals surface area (Å²) in [5, 5.41) is 10.5. The predicted molar refractivity (Wildman–Crippen MR) is 61.6 cm³/mol. The fraction of sp³-hybridized carbons (Fsp3) is 0.417. The molecule has 3 heteroatoms. The summed E-state index contributed by atoms with van der Waals surface area (Å²) in [6.07, 6.45) is 1.99. The summed E-state index contributed by atoms with van der Waals surface area (Å²) < 4.78 is 0. The Morgan fingerprint density at radius 3 is 2.73 bits per heavy atom. The van der Waals surface area contributed by atoms with Crippen LogP contribution in [0, 0.1) is 0 Å². The zero-order valence-corrected chi connectivity index (χ0v) is 9.71. The van der Waals surface area contributed by atoms with Crippen molar-refractivity contribution in [3.05, 3.63) is 28.3 Å². The fourth-order valence-electron chi connectivity index (χ4n) is 1.60. The van der Waals surface area contributed by atoms with E-state index in [-0.39, 0.29) is 11.7 Å². The SMILES string of the molecule is CCc1cc(Cl)cc(C(C)CC=O)c1O. The van der Waals surface area contributed by atoms with Gasteiger partial charge in [-0.2, -0.15) is 0 Å². The number of phenolic OH excluding ortho intramolecular Hbond substituents is 1. The van der Waals surface area contributed by atoms with E-state index >= 15 is 0 Å². The second-order valence-corrected chi connectivity index (χ2v) is 4.10. The quantitative estimate of drug-likeness (QED) is 0.800. The molecule has 0 saturated heterocycles. The van der Waals surface area contributed by atoms with Crippen molar-refractivity contribution in [3.8, 4) is 5.75 Å². The standard InChI is InChI=1S/C12H15ClO2/c1-3-9-6-10(13)7-11(12(9)15)8(2)4-5-14/h5-8,15H,3-4H2,1-2H3. The molecule has 0 radical (unpaired) electrons. The Bertz CT molecular complexity index is 361. The number of hydrogen-bond acceptors (Lipinski definition) is 2. The Hall–Kier alpha value is -1.02. The molecule has 0 aliphatic carbocycles. The lowest BCUT2D eigenvalue weighted by Gasteiger charge is -2.14. The predicted octanol–water partition coefficient (Wildman–Crippen LogP) is 3.30. The molecule has 1 N–H and O–H groups in total. The van der Waals surface area contributed by atoms with Gasteiger partial charge in [0, 0.05) is 11.4 Å². The van der Waals surface area contributed by atoms with Crippen LogP contribution < -0.4 is 0 Å². The third kappa shape index (κ3) is 2.72. The van der Waals surface area contributed by atoms with E-state index < -0.39 is 0 Å². The average Bonchev–Trinajstić information content (AvgIpc) is 2.21. The number of aromatic hydroxyl groups is 1. The Morgan fingerprint density at radius 2 is 2.20 bits per heavy atom. The van der Waals surface area contributed by atoms with E-state index in [1.54, 1.807) is 12.1 Å². The molecule has 0 saturated carbocycles. The molecular weight excluding hydrogens is 212 g/mol. The molecule has 0 fully saturated rings. The summed E-state index contributed by atoms with van der Waals surface area (Å²) in [5.41, 5.74) is 1.58. The highest BCUT2D eigenvalue weighted by Gasteiger charge is 2.13. The first kappa shape index (κ1) is 12.1. The topological polar surface area (TPSA) is 37.3 Å². The third-order valence-corrected chi connectivity index (χ3v) is 2.76. The van der Waals surface area contributed by atoms with Crippen LogP contribution in [0.3, 0.4) is 0 Å². The van der Waals surface area contributed by atoms with Crippen molar-refractivity contribution in [2.45, 2.75) is 32.6 Å². The molecule has 1 atom stereocenters. The maximum Gasteiger partial charge on any atom is 0.122 e. The minimum Gasteiger partial charge on any atom is -0.507 e. The zero-order chi connectivity index (χ0) is 11.4. The molecule has 0 heterocycles. The Morgan fingerprint density at radius 1 is 1.53 bits per heavy atom. The van der Waals surface area contributed by atoms with Crippen molar-refractivity contribution in [1.29, 1.82) is 0 Å². The maximum atomic E-state index is 10.4. The summed E-state index contributed by atoms with van der Waals surface area (Å²) in [4.78, 5) is 10.4. The lowest BCUT2D eigenvalue weighted by molar-refractivity contribution is -0.108. The number of aldehydes is 1. The minimum absolute atomic E-state index is 0.00602. The maximum absolute atomic E-state index is 10.4. The summed E-state index contributed by atoms with van der Waals surface area (Å²) in [5.74, 6) is 0.280. The monoisotopic (exact) mass is 226 g/mol. The van der Waals surface area contributed by atoms with E-state index in [0.29, 0.717) is 11.4 Å². The number of benzene rings is 1. The van der Waals surface area contributed by atoms with Crippen molar-refractivity contribution in [1.82, 2.24) is 0 Å². The van der Waals surface area contributed by atoms with E-state index in [1.165, 1.54) is 0 Å². The first-order valence-electron chi connectivity index (χ1n) is 5.05. The van der Waals surface area contributed by atoms with Gasteiger partial charge in [-0.3, -0.25) is 0 Å². The van der Waals surface area contributed by atoms with Gasteiger partial charge in [-0.15, -0.1) is 0 Å². The number of halogens is 1. The largest absolute Gasteiger partial charge is 0.507 e. The molecule has 0 spiro atoms. The Balaban J connectivity index is 3.16. The van der Waals surface area contributed by atoms with Crippen molar-refractivity contribution in [3.63, 3.8) is 0 Å². The van der Waals surface area contributed by atoms with Crippen molar-refractivity contribution >= 4 is 17.9 Å². The molecule has 1 rings (SSSR count). The summed E-state index contributed by atoms with van der Waals surface area (Å²) >= 11 is 5.95. The van der Waals surface area contributed by atoms with Crippen LogP contribution in [0.15, 0.2) is 12.1 Å². The number of hydrogen-bond donors (Lipinski definition) is 1. The Kier molecular flexibility index (Phi) is 4.15. The normalized spacial score (nSPS) is 12.5. The molecule has 1 unspecified atom stereocenters. The molecule has 0 bridgehead atoms. The number of carbonyl (C=O) groups excluding carboxylic acids is 1. The smallest absolute Gasteiger partial charge is 0.122 e. The van der Waals surface area contributed by atoms with Crippen LogP contribution in [0.1, 0.15) is 37.3 Å². The highest BCUT2D eigenvalue weighted by molar-refractivity contribution is 6.30. The van der Waals surface area contributed by atoms with Gasteiger partial charge in [-0.25, -0.2) is 0 Å². The van der Waals surface area contributed by atoms with Crippen molar-refractivity contribution in [2.75, 3.05) is 0 Å². The second kappa shape index (κ2) is 5.17. The van der Waals surface area contributed by atoms with Gasteiger partial charge in [0.15, 0.2) is 0 Å². The first-order valence-corrected chi connectivity index (χ1v) is 5.42. The summed E-state index contributed by atoms with van der Waals surface area (Å²) in [6, 6.07) is 3.48. The van der Waals surface area contributed by atoms with E-state index in [9.17, 15) is 9.90 Å². The zero-order valence-electron chi connectivity index (χ0n) is 8.96. The van der Waals surface area contributed by atoms with E-state index in [4.69, 9.17) is 11.6 Å². The molecule has 2 nitrogen and oxygen atoms in total. The highest BCUT2D eigenvalue weighted by atomic mass is 35.5. The van der Waals surface area contributed by atoms with Crippen LogP contribution in [-0.2, 0) is 11.2 Å². The number of rotatable bonds is 4. The molecule has 0 aromatic heterocycles. The van der Waals surface area contributed by atoms with Crippen LogP contribution in [0.25, 0.3) is 0 Å². The summed E-state index contributed by atoms with van der Waals surface area (Å²) in [6.45, 7) is 3.86. The van der Waals surface area contributed by atoms with Gasteiger partial charge in [-0.1, -0.05) is 25.4 Å². The Labute approximate surface area is 94.9 Å². The first-order chi connectivity index (χ1) is 7.10. The molecule has 1 aromatic carbocycles. The van der Waals surface area contributed by atoms with Crippen LogP contribution in [0.4, 0.5) is 0 Å². The van der Waals surface area contributed by atoms with Gasteiger partial charge in [0.1, 0.15) is 12.0 Å². The molecular formula is C12H15ClO2. The van der Waals surface area contributed by atoms with Crippen LogP contribution in [-0.4, -0.2) is 11.4 Å². The van der Waals surface area contributed by atoms with E-state index in [0.717, 1.165) is 23.8 Å². The van der Waals surface area contributed by atoms with Crippen LogP contribution in [0.5, 0.6) is 5.75 Å². The molecule has 0 aliphatic heterocycles. The van der Waals surface area contributed by atoms with Gasteiger partial charge >= 0.3 is 0 Å². The number of carbonyl (C=O) groups is 1. The van der Waals surface area contributed by atoms with Crippen LogP contribution >= 0.6 is 11.6 Å². The average molecular weight is 227 g/mol. The molecule has 0 aliphatic rings. The highest BCUT2D eigenvalue weighted by Crippen LogP contribution is 2.33. The number of phenols is 1. The molecule has 15 heavy (non-hydrogen) atoms. The van der Waals surface area contributed by atoms with Crippen molar-refractivity contribution < 1.29 is 9.90 Å². The van der Waals surface area contributed by atoms with Crippen molar-refractivity contribution in [2.24, 2.45) is 0 Å². The summed E-state index contributed by atoms with van der Waals surface area (Å²) in [7, 11) is 0. The third-order valence-electron chi connectivity index (χ3n) is 2.54. The molecule has 82 valence electrons.